The maximum Gasteiger partial charge on any atom is 0.417 e. The van der Waals surface area contributed by atoms with E-state index >= 15 is 0 Å². The molecule has 0 unspecified atom stereocenters. The van der Waals surface area contributed by atoms with Crippen LogP contribution in [0, 0.1) is 23.0 Å². The molecule has 0 aliphatic heterocycles. The Labute approximate surface area is 200 Å². The first kappa shape index (κ1) is 24.1. The van der Waals surface area contributed by atoms with E-state index in [0.717, 1.165) is 39.7 Å². The molecule has 0 atom stereocenters. The fourth-order valence-electron chi connectivity index (χ4n) is 3.48. The van der Waals surface area contributed by atoms with Gasteiger partial charge in [0.15, 0.2) is 0 Å². The Balaban J connectivity index is 1.86. The van der Waals surface area contributed by atoms with Crippen LogP contribution in [0.15, 0.2) is 71.5 Å². The smallest absolute Gasteiger partial charge is 0.302 e. The van der Waals surface area contributed by atoms with E-state index in [9.17, 15) is 32.0 Å². The molecule has 2 aromatic heterocycles. The summed E-state index contributed by atoms with van der Waals surface area (Å²) in [4.78, 5) is 14.0. The van der Waals surface area contributed by atoms with E-state index in [-0.39, 0.29) is 11.3 Å². The molecule has 0 bridgehead atoms. The summed E-state index contributed by atoms with van der Waals surface area (Å²) in [6.45, 7) is -0.486. The van der Waals surface area contributed by atoms with Crippen molar-refractivity contribution in [1.29, 1.82) is 5.26 Å². The van der Waals surface area contributed by atoms with E-state index in [1.165, 1.54) is 6.07 Å². The topological polar surface area (TPSA) is 45.8 Å². The molecular weight excluding hydrogens is 483 g/mol. The van der Waals surface area contributed by atoms with E-state index in [4.69, 9.17) is 0 Å². The minimum Gasteiger partial charge on any atom is -0.302 e. The van der Waals surface area contributed by atoms with E-state index in [0.29, 0.717) is 15.8 Å². The van der Waals surface area contributed by atoms with Crippen LogP contribution >= 0.6 is 11.3 Å². The molecule has 35 heavy (non-hydrogen) atoms. The Morgan fingerprint density at radius 2 is 1.71 bits per heavy atom. The quantitative estimate of drug-likeness (QED) is 0.279. The van der Waals surface area contributed by atoms with Crippen molar-refractivity contribution in [3.8, 4) is 16.6 Å². The number of hydrogen-bond donors (Lipinski definition) is 0. The zero-order valence-corrected chi connectivity index (χ0v) is 18.6. The van der Waals surface area contributed by atoms with E-state index in [1.807, 2.05) is 36.4 Å². The molecule has 3 nitrogen and oxygen atoms in total. The van der Waals surface area contributed by atoms with E-state index < -0.39 is 41.0 Å². The molecule has 2 aromatic carbocycles. The first-order chi connectivity index (χ1) is 16.7. The summed E-state index contributed by atoms with van der Waals surface area (Å²) in [5, 5.41) is 9.29. The largest absolute Gasteiger partial charge is 0.417 e. The van der Waals surface area contributed by atoms with Crippen LogP contribution in [0.25, 0.3) is 22.7 Å². The second kappa shape index (κ2) is 9.68. The van der Waals surface area contributed by atoms with Crippen molar-refractivity contribution in [2.45, 2.75) is 12.7 Å². The summed E-state index contributed by atoms with van der Waals surface area (Å²) in [6.07, 6.45) is -1.34. The molecule has 9 heteroatoms. The maximum atomic E-state index is 14.3. The number of halogens is 5. The minimum atomic E-state index is -4.95. The third-order valence-electron chi connectivity index (χ3n) is 5.18. The van der Waals surface area contributed by atoms with Gasteiger partial charge in [-0.15, -0.1) is 11.3 Å². The number of hydrogen-bond acceptors (Lipinski definition) is 3. The van der Waals surface area contributed by atoms with Crippen LogP contribution in [0.4, 0.5) is 22.0 Å². The number of pyridine rings is 1. The van der Waals surface area contributed by atoms with Gasteiger partial charge in [-0.3, -0.25) is 4.79 Å². The molecule has 0 radical (unpaired) electrons. The van der Waals surface area contributed by atoms with Gasteiger partial charge >= 0.3 is 6.18 Å². The Bertz CT molecular complexity index is 1510. The summed E-state index contributed by atoms with van der Waals surface area (Å²) in [5.74, 6) is -1.80. The van der Waals surface area contributed by atoms with Gasteiger partial charge in [0.2, 0.25) is 0 Å². The second-order valence-corrected chi connectivity index (χ2v) is 8.62. The lowest BCUT2D eigenvalue weighted by molar-refractivity contribution is -0.137. The van der Waals surface area contributed by atoms with Gasteiger partial charge in [-0.2, -0.15) is 18.4 Å². The third kappa shape index (κ3) is 5.23. The Kier molecular flexibility index (Phi) is 6.67. The van der Waals surface area contributed by atoms with E-state index in [2.05, 4.69) is 0 Å². The number of benzene rings is 2. The summed E-state index contributed by atoms with van der Waals surface area (Å²) in [6, 6.07) is 17.3. The fourth-order valence-corrected chi connectivity index (χ4v) is 4.42. The zero-order chi connectivity index (χ0) is 25.2. The number of aromatic nitrogens is 1. The lowest BCUT2D eigenvalue weighted by Crippen LogP contribution is -2.28. The predicted molar refractivity (Wildman–Crippen MR) is 125 cm³/mol. The molecule has 0 saturated heterocycles. The number of rotatable bonds is 5. The molecule has 4 rings (SSSR count). The molecule has 0 aliphatic carbocycles. The van der Waals surface area contributed by atoms with Gasteiger partial charge < -0.3 is 4.57 Å². The fraction of sp³-hybridized carbons (Fsp3) is 0.0769. The highest BCUT2D eigenvalue weighted by atomic mass is 32.1. The van der Waals surface area contributed by atoms with Crippen molar-refractivity contribution < 1.29 is 22.0 Å². The Morgan fingerprint density at radius 3 is 2.37 bits per heavy atom. The van der Waals surface area contributed by atoms with Gasteiger partial charge in [-0.1, -0.05) is 42.5 Å². The summed E-state index contributed by atoms with van der Waals surface area (Å²) in [5.41, 5.74) is -3.00. The van der Waals surface area contributed by atoms with Crippen LogP contribution in [-0.2, 0) is 12.7 Å². The lowest BCUT2D eigenvalue weighted by Gasteiger charge is -2.17. The normalized spacial score (nSPS) is 11.7. The second-order valence-electron chi connectivity index (χ2n) is 7.50. The van der Waals surface area contributed by atoms with Crippen molar-refractivity contribution in [2.24, 2.45) is 0 Å². The summed E-state index contributed by atoms with van der Waals surface area (Å²) in [7, 11) is 0. The van der Waals surface area contributed by atoms with Crippen molar-refractivity contribution >= 4 is 23.5 Å². The molecule has 0 fully saturated rings. The van der Waals surface area contributed by atoms with Crippen LogP contribution < -0.4 is 5.56 Å². The highest BCUT2D eigenvalue weighted by Crippen LogP contribution is 2.36. The van der Waals surface area contributed by atoms with E-state index in [1.54, 1.807) is 18.2 Å². The summed E-state index contributed by atoms with van der Waals surface area (Å²) < 4.78 is 69.6. The molecule has 176 valence electrons. The molecule has 0 amide bonds. The van der Waals surface area contributed by atoms with Crippen molar-refractivity contribution in [3.05, 3.63) is 116 Å². The summed E-state index contributed by atoms with van der Waals surface area (Å²) >= 11 is 1.13. The predicted octanol–water partition coefficient (Wildman–Crippen LogP) is 6.96. The molecular formula is C26H15F5N2OS. The Hall–Kier alpha value is -4.03. The SMILES string of the molecule is N#Cc1c(C(F)(F)F)cc(-c2ccc(/C=C/c3ccccc3)s2)n(Cc2ccc(F)cc2F)c1=O. The molecule has 2 heterocycles. The first-order valence-corrected chi connectivity index (χ1v) is 11.0. The van der Waals surface area contributed by atoms with Crippen molar-refractivity contribution in [3.63, 3.8) is 0 Å². The van der Waals surface area contributed by atoms with Crippen LogP contribution in [0.3, 0.4) is 0 Å². The number of nitrogens with zero attached hydrogens (tertiary/aromatic N) is 2. The highest BCUT2D eigenvalue weighted by molar-refractivity contribution is 7.16. The number of nitriles is 1. The van der Waals surface area contributed by atoms with Gasteiger partial charge in [-0.05, 0) is 35.9 Å². The lowest BCUT2D eigenvalue weighted by atomic mass is 10.1. The standard InChI is InChI=1S/C26H15F5N2OS/c27-18-8-7-17(22(28)12-18)15-33-23(13-21(26(29,30)31)20(14-32)25(33)34)24-11-10-19(35-24)9-6-16-4-2-1-3-5-16/h1-13H,15H2/b9-6+. The van der Waals surface area contributed by atoms with Gasteiger partial charge in [0.1, 0.15) is 23.3 Å². The first-order valence-electron chi connectivity index (χ1n) is 10.2. The minimum absolute atomic E-state index is 0.112. The molecule has 0 N–H and O–H groups in total. The average molecular weight is 498 g/mol. The van der Waals surface area contributed by atoms with Crippen LogP contribution in [-0.4, -0.2) is 4.57 Å². The maximum absolute atomic E-state index is 14.3. The van der Waals surface area contributed by atoms with Crippen LogP contribution in [0.5, 0.6) is 0 Å². The van der Waals surface area contributed by atoms with Gasteiger partial charge in [0, 0.05) is 16.5 Å². The monoisotopic (exact) mass is 498 g/mol. The molecule has 4 aromatic rings. The van der Waals surface area contributed by atoms with Crippen LogP contribution in [0.1, 0.15) is 27.1 Å². The number of thiophene rings is 1. The zero-order valence-electron chi connectivity index (χ0n) is 17.8. The molecule has 0 aliphatic rings. The molecule has 0 saturated carbocycles. The Morgan fingerprint density at radius 1 is 0.971 bits per heavy atom. The van der Waals surface area contributed by atoms with Crippen molar-refractivity contribution in [2.75, 3.05) is 0 Å². The third-order valence-corrected chi connectivity index (χ3v) is 6.25. The van der Waals surface area contributed by atoms with Crippen molar-refractivity contribution in [1.82, 2.24) is 4.57 Å². The molecule has 0 spiro atoms. The van der Waals surface area contributed by atoms with Gasteiger partial charge in [0.05, 0.1) is 22.7 Å². The van der Waals surface area contributed by atoms with Gasteiger partial charge in [-0.25, -0.2) is 8.78 Å². The highest BCUT2D eigenvalue weighted by Gasteiger charge is 2.36. The average Bonchev–Trinajstić information content (AvgIpc) is 3.29. The van der Waals surface area contributed by atoms with Gasteiger partial charge in [0.25, 0.3) is 5.56 Å². The number of alkyl halides is 3. The van der Waals surface area contributed by atoms with Crippen LogP contribution in [0.2, 0.25) is 0 Å².